The van der Waals surface area contributed by atoms with E-state index in [0.717, 1.165) is 24.8 Å². The molecule has 2 N–H and O–H groups in total. The Morgan fingerprint density at radius 1 is 1.21 bits per heavy atom. The molecule has 0 spiro atoms. The van der Waals surface area contributed by atoms with Crippen molar-refractivity contribution in [2.45, 2.75) is 51.2 Å². The molecule has 1 aromatic carbocycles. The number of nitrogens with one attached hydrogen (secondary N) is 2. The van der Waals surface area contributed by atoms with Gasteiger partial charge < -0.3 is 15.4 Å². The van der Waals surface area contributed by atoms with Gasteiger partial charge in [0.25, 0.3) is 0 Å². The van der Waals surface area contributed by atoms with Crippen LogP contribution in [0.15, 0.2) is 36.4 Å². The second-order valence-corrected chi connectivity index (χ2v) is 8.41. The van der Waals surface area contributed by atoms with E-state index in [1.54, 1.807) is 12.1 Å². The molecular weight excluding hydrogens is 396 g/mol. The number of pyridine rings is 1. The molecule has 1 aliphatic rings. The van der Waals surface area contributed by atoms with Gasteiger partial charge in [-0.1, -0.05) is 23.7 Å². The molecule has 1 heterocycles. The maximum Gasteiger partial charge on any atom is 0.408 e. The van der Waals surface area contributed by atoms with Crippen molar-refractivity contribution < 1.29 is 14.5 Å². The summed E-state index contributed by atoms with van der Waals surface area (Å²) in [6.07, 6.45) is 2.20. The standard InChI is InChI=1S/C20H23ClN4O4/c1-19(2,3)29-18(26)24-20(11-4-12-20)13-5-7-14(8-6-13)22-17-15(25(27)28)9-10-16(21)23-17/h5-10H,4,11-12H2,1-3H3,(H,22,23)(H,24,26). The molecule has 1 saturated carbocycles. The van der Waals surface area contributed by atoms with Gasteiger partial charge in [-0.2, -0.15) is 0 Å². The molecule has 0 radical (unpaired) electrons. The van der Waals surface area contributed by atoms with Crippen LogP contribution < -0.4 is 10.6 Å². The van der Waals surface area contributed by atoms with Gasteiger partial charge >= 0.3 is 11.8 Å². The molecule has 2 aromatic rings. The lowest BCUT2D eigenvalue weighted by Crippen LogP contribution is -2.52. The van der Waals surface area contributed by atoms with E-state index in [1.807, 2.05) is 32.9 Å². The highest BCUT2D eigenvalue weighted by atomic mass is 35.5. The Hall–Kier alpha value is -2.87. The third kappa shape index (κ3) is 4.95. The normalized spacial score (nSPS) is 15.2. The number of nitro groups is 1. The second kappa shape index (κ2) is 7.87. The average molecular weight is 419 g/mol. The maximum atomic E-state index is 12.3. The van der Waals surface area contributed by atoms with Crippen molar-refractivity contribution in [1.82, 2.24) is 10.3 Å². The number of nitrogens with zero attached hydrogens (tertiary/aromatic N) is 2. The lowest BCUT2D eigenvalue weighted by Gasteiger charge is -2.43. The summed E-state index contributed by atoms with van der Waals surface area (Å²) < 4.78 is 5.39. The van der Waals surface area contributed by atoms with Gasteiger partial charge in [-0.25, -0.2) is 9.78 Å². The number of amides is 1. The van der Waals surface area contributed by atoms with E-state index in [2.05, 4.69) is 15.6 Å². The molecule has 1 amide bonds. The lowest BCUT2D eigenvalue weighted by atomic mass is 9.72. The van der Waals surface area contributed by atoms with Crippen molar-refractivity contribution in [2.75, 3.05) is 5.32 Å². The minimum Gasteiger partial charge on any atom is -0.444 e. The van der Waals surface area contributed by atoms with Gasteiger partial charge in [0.1, 0.15) is 10.8 Å². The van der Waals surface area contributed by atoms with Gasteiger partial charge in [-0.05, 0) is 63.8 Å². The van der Waals surface area contributed by atoms with E-state index >= 15 is 0 Å². The Bertz CT molecular complexity index is 921. The van der Waals surface area contributed by atoms with Crippen molar-refractivity contribution in [3.05, 3.63) is 57.2 Å². The summed E-state index contributed by atoms with van der Waals surface area (Å²) in [4.78, 5) is 26.9. The molecule has 9 heteroatoms. The van der Waals surface area contributed by atoms with E-state index in [9.17, 15) is 14.9 Å². The Morgan fingerprint density at radius 3 is 2.38 bits per heavy atom. The smallest absolute Gasteiger partial charge is 0.408 e. The fourth-order valence-electron chi connectivity index (χ4n) is 3.19. The van der Waals surface area contributed by atoms with Gasteiger partial charge in [-0.15, -0.1) is 0 Å². The summed E-state index contributed by atoms with van der Waals surface area (Å²) in [5, 5.41) is 17.3. The third-order valence-corrected chi connectivity index (χ3v) is 4.89. The number of hydrogen-bond acceptors (Lipinski definition) is 6. The number of hydrogen-bond donors (Lipinski definition) is 2. The van der Waals surface area contributed by atoms with Crippen LogP contribution in [0, 0.1) is 10.1 Å². The molecule has 1 fully saturated rings. The molecule has 0 bridgehead atoms. The Balaban J connectivity index is 1.77. The number of ether oxygens (including phenoxy) is 1. The van der Waals surface area contributed by atoms with Crippen molar-refractivity contribution in [2.24, 2.45) is 0 Å². The molecule has 0 atom stereocenters. The van der Waals surface area contributed by atoms with Gasteiger partial charge in [0.15, 0.2) is 0 Å². The first kappa shape index (κ1) is 20.9. The second-order valence-electron chi connectivity index (χ2n) is 8.02. The number of benzene rings is 1. The molecule has 29 heavy (non-hydrogen) atoms. The van der Waals surface area contributed by atoms with Gasteiger partial charge in [-0.3, -0.25) is 10.1 Å². The van der Waals surface area contributed by atoms with Crippen molar-refractivity contribution in [3.63, 3.8) is 0 Å². The minimum atomic E-state index is -0.568. The van der Waals surface area contributed by atoms with Crippen molar-refractivity contribution >= 4 is 34.9 Å². The summed E-state index contributed by atoms with van der Waals surface area (Å²) in [6.45, 7) is 5.47. The van der Waals surface area contributed by atoms with E-state index in [0.29, 0.717) is 5.69 Å². The van der Waals surface area contributed by atoms with Crippen molar-refractivity contribution in [1.29, 1.82) is 0 Å². The quantitative estimate of drug-likeness (QED) is 0.388. The Morgan fingerprint density at radius 2 is 1.86 bits per heavy atom. The third-order valence-electron chi connectivity index (χ3n) is 4.68. The highest BCUT2D eigenvalue weighted by Gasteiger charge is 2.41. The molecule has 0 unspecified atom stereocenters. The average Bonchev–Trinajstić information content (AvgIpc) is 2.57. The fraction of sp³-hybridized carbons (Fsp3) is 0.400. The molecule has 1 aromatic heterocycles. The van der Waals surface area contributed by atoms with Gasteiger partial charge in [0, 0.05) is 11.8 Å². The zero-order valence-corrected chi connectivity index (χ0v) is 17.2. The van der Waals surface area contributed by atoms with Crippen LogP contribution in [0.3, 0.4) is 0 Å². The Labute approximate surface area is 173 Å². The van der Waals surface area contributed by atoms with Crippen LogP contribution in [0.25, 0.3) is 0 Å². The highest BCUT2D eigenvalue weighted by Crippen LogP contribution is 2.42. The first-order valence-electron chi connectivity index (χ1n) is 9.28. The predicted octanol–water partition coefficient (Wildman–Crippen LogP) is 5.29. The SMILES string of the molecule is CC(C)(C)OC(=O)NC1(c2ccc(Nc3nc(Cl)ccc3[N+](=O)[O-])cc2)CCC1. The van der Waals surface area contributed by atoms with Crippen LogP contribution in [0.4, 0.5) is 22.0 Å². The van der Waals surface area contributed by atoms with E-state index in [-0.39, 0.29) is 16.7 Å². The van der Waals surface area contributed by atoms with Crippen LogP contribution in [0.1, 0.15) is 45.6 Å². The molecule has 0 aliphatic heterocycles. The van der Waals surface area contributed by atoms with Crippen LogP contribution in [-0.2, 0) is 10.3 Å². The molecule has 0 saturated heterocycles. The van der Waals surface area contributed by atoms with Crippen LogP contribution >= 0.6 is 11.6 Å². The topological polar surface area (TPSA) is 106 Å². The number of alkyl carbamates (subject to hydrolysis) is 1. The number of carbonyl (C=O) groups is 1. The predicted molar refractivity (Wildman–Crippen MR) is 111 cm³/mol. The summed E-state index contributed by atoms with van der Waals surface area (Å²) in [5.74, 6) is 0.0699. The number of halogens is 1. The fourth-order valence-corrected chi connectivity index (χ4v) is 3.34. The Kier molecular flexibility index (Phi) is 5.66. The zero-order valence-electron chi connectivity index (χ0n) is 16.5. The first-order chi connectivity index (χ1) is 13.6. The summed E-state index contributed by atoms with van der Waals surface area (Å²) in [6, 6.07) is 10.0. The molecule has 154 valence electrons. The summed E-state index contributed by atoms with van der Waals surface area (Å²) >= 11 is 5.87. The van der Waals surface area contributed by atoms with Crippen LogP contribution in [-0.4, -0.2) is 21.6 Å². The number of anilines is 2. The largest absolute Gasteiger partial charge is 0.444 e. The molecular formula is C20H23ClN4O4. The summed E-state index contributed by atoms with van der Waals surface area (Å²) in [5.41, 5.74) is 0.385. The van der Waals surface area contributed by atoms with E-state index < -0.39 is 22.2 Å². The number of rotatable bonds is 5. The number of aromatic nitrogens is 1. The molecule has 8 nitrogen and oxygen atoms in total. The monoisotopic (exact) mass is 418 g/mol. The highest BCUT2D eigenvalue weighted by molar-refractivity contribution is 6.29. The van der Waals surface area contributed by atoms with Crippen molar-refractivity contribution in [3.8, 4) is 0 Å². The summed E-state index contributed by atoms with van der Waals surface area (Å²) in [7, 11) is 0. The van der Waals surface area contributed by atoms with E-state index in [4.69, 9.17) is 16.3 Å². The zero-order chi connectivity index (χ0) is 21.2. The van der Waals surface area contributed by atoms with Crippen LogP contribution in [0.2, 0.25) is 5.15 Å². The van der Waals surface area contributed by atoms with Crippen LogP contribution in [0.5, 0.6) is 0 Å². The minimum absolute atomic E-state index is 0.0699. The molecule has 3 rings (SSSR count). The molecule has 1 aliphatic carbocycles. The maximum absolute atomic E-state index is 12.3. The van der Waals surface area contributed by atoms with Gasteiger partial charge in [0.2, 0.25) is 5.82 Å². The lowest BCUT2D eigenvalue weighted by molar-refractivity contribution is -0.384. The number of carbonyl (C=O) groups excluding carboxylic acids is 1. The first-order valence-corrected chi connectivity index (χ1v) is 9.65. The van der Waals surface area contributed by atoms with Gasteiger partial charge in [0.05, 0.1) is 10.5 Å². The van der Waals surface area contributed by atoms with E-state index in [1.165, 1.54) is 12.1 Å².